The number of rotatable bonds is 7. The molecule has 1 unspecified atom stereocenters. The lowest BCUT2D eigenvalue weighted by Crippen LogP contribution is -2.46. The summed E-state index contributed by atoms with van der Waals surface area (Å²) in [4.78, 5) is 52.8. The second kappa shape index (κ2) is 8.17. The molecule has 28 heavy (non-hydrogen) atoms. The molecule has 2 aromatic rings. The number of carbonyl (C=O) groups is 4. The molecule has 0 aliphatic carbocycles. The summed E-state index contributed by atoms with van der Waals surface area (Å²) in [7, 11) is 0. The van der Waals surface area contributed by atoms with Crippen LogP contribution in [0.2, 0.25) is 0 Å². The first-order chi connectivity index (χ1) is 13.5. The van der Waals surface area contributed by atoms with E-state index in [4.69, 9.17) is 4.74 Å². The number of ether oxygens (including phenoxy) is 1. The van der Waals surface area contributed by atoms with Crippen molar-refractivity contribution in [2.75, 3.05) is 13.2 Å². The number of esters is 1. The van der Waals surface area contributed by atoms with Crippen LogP contribution in [0.25, 0.3) is 0 Å². The van der Waals surface area contributed by atoms with Crippen molar-refractivity contribution in [3.8, 4) is 0 Å². The molecule has 0 bridgehead atoms. The summed E-state index contributed by atoms with van der Waals surface area (Å²) in [6.45, 7) is 1.57. The molecule has 0 aromatic heterocycles. The van der Waals surface area contributed by atoms with Gasteiger partial charge >= 0.3 is 5.97 Å². The second-order valence-corrected chi connectivity index (χ2v) is 6.66. The molecule has 144 valence electrons. The predicted octanol–water partition coefficient (Wildman–Crippen LogP) is 2.42. The Morgan fingerprint density at radius 3 is 2.21 bits per heavy atom. The van der Waals surface area contributed by atoms with E-state index in [-0.39, 0.29) is 19.7 Å². The van der Waals surface area contributed by atoms with Crippen LogP contribution in [0.1, 0.15) is 29.3 Å². The maximum atomic E-state index is 13.2. The molecule has 0 N–H and O–H groups in total. The number of carbonyl (C=O) groups excluding carboxylic acids is 4. The van der Waals surface area contributed by atoms with Gasteiger partial charge in [0.15, 0.2) is 11.6 Å². The molecule has 1 amide bonds. The topological polar surface area (TPSA) is 80.8 Å². The fourth-order valence-corrected chi connectivity index (χ4v) is 3.37. The third-order valence-corrected chi connectivity index (χ3v) is 4.82. The highest BCUT2D eigenvalue weighted by Crippen LogP contribution is 2.36. The molecule has 0 radical (unpaired) electrons. The third kappa shape index (κ3) is 3.58. The van der Waals surface area contributed by atoms with E-state index in [2.05, 4.69) is 0 Å². The molecule has 0 saturated carbocycles. The fourth-order valence-electron chi connectivity index (χ4n) is 3.37. The van der Waals surface area contributed by atoms with Gasteiger partial charge in [0.25, 0.3) is 0 Å². The van der Waals surface area contributed by atoms with E-state index in [9.17, 15) is 19.2 Å². The zero-order valence-corrected chi connectivity index (χ0v) is 15.6. The quantitative estimate of drug-likeness (QED) is 0.419. The van der Waals surface area contributed by atoms with E-state index in [1.54, 1.807) is 37.3 Å². The maximum absolute atomic E-state index is 13.2. The van der Waals surface area contributed by atoms with Gasteiger partial charge in [0.2, 0.25) is 11.3 Å². The summed E-state index contributed by atoms with van der Waals surface area (Å²) in [6.07, 6.45) is -0.529. The Morgan fingerprint density at radius 1 is 1.00 bits per heavy atom. The van der Waals surface area contributed by atoms with Gasteiger partial charge in [-0.1, -0.05) is 60.7 Å². The molecule has 0 spiro atoms. The van der Waals surface area contributed by atoms with E-state index in [0.717, 1.165) is 5.56 Å². The van der Waals surface area contributed by atoms with E-state index in [1.165, 1.54) is 4.90 Å². The Hall–Kier alpha value is -3.28. The number of hydrogen-bond acceptors (Lipinski definition) is 5. The predicted molar refractivity (Wildman–Crippen MR) is 101 cm³/mol. The molecule has 6 heteroatoms. The maximum Gasteiger partial charge on any atom is 0.329 e. The zero-order chi connectivity index (χ0) is 20.1. The van der Waals surface area contributed by atoms with Crippen molar-refractivity contribution in [1.82, 2.24) is 4.90 Å². The molecule has 3 rings (SSSR count). The van der Waals surface area contributed by atoms with Gasteiger partial charge < -0.3 is 9.64 Å². The number of benzene rings is 2. The Balaban J connectivity index is 1.92. The highest BCUT2D eigenvalue weighted by Gasteiger charge is 2.61. The minimum atomic E-state index is -2.11. The van der Waals surface area contributed by atoms with Crippen LogP contribution in [0.4, 0.5) is 0 Å². The lowest BCUT2D eigenvalue weighted by atomic mass is 9.79. The lowest BCUT2D eigenvalue weighted by molar-refractivity contribution is -0.163. The molecule has 1 heterocycles. The van der Waals surface area contributed by atoms with Gasteiger partial charge in [-0.05, 0) is 12.5 Å². The fraction of sp³-hybridized carbons (Fsp3) is 0.273. The molecule has 1 aliphatic heterocycles. The van der Waals surface area contributed by atoms with Gasteiger partial charge in [0.05, 0.1) is 13.2 Å². The van der Waals surface area contributed by atoms with Crippen LogP contribution in [-0.2, 0) is 25.7 Å². The van der Waals surface area contributed by atoms with Gasteiger partial charge in [-0.3, -0.25) is 19.2 Å². The largest absolute Gasteiger partial charge is 0.465 e. The Bertz CT molecular complexity index is 894. The van der Waals surface area contributed by atoms with Gasteiger partial charge in [0, 0.05) is 18.5 Å². The van der Waals surface area contributed by atoms with Crippen LogP contribution in [-0.4, -0.2) is 41.5 Å². The second-order valence-electron chi connectivity index (χ2n) is 6.66. The number of nitrogens with zero attached hydrogens (tertiary/aromatic N) is 1. The molecule has 6 nitrogen and oxygen atoms in total. The van der Waals surface area contributed by atoms with Gasteiger partial charge in [-0.2, -0.15) is 0 Å². The van der Waals surface area contributed by atoms with Crippen LogP contribution >= 0.6 is 0 Å². The number of ketones is 2. The van der Waals surface area contributed by atoms with Crippen LogP contribution < -0.4 is 0 Å². The average molecular weight is 379 g/mol. The van der Waals surface area contributed by atoms with E-state index in [0.29, 0.717) is 5.56 Å². The van der Waals surface area contributed by atoms with Crippen molar-refractivity contribution >= 4 is 23.4 Å². The lowest BCUT2D eigenvalue weighted by Gasteiger charge is -2.24. The van der Waals surface area contributed by atoms with Gasteiger partial charge in [-0.25, -0.2) is 0 Å². The van der Waals surface area contributed by atoms with Crippen molar-refractivity contribution in [1.29, 1.82) is 0 Å². The van der Waals surface area contributed by atoms with Crippen LogP contribution in [0.3, 0.4) is 0 Å². The summed E-state index contributed by atoms with van der Waals surface area (Å²) in [5.74, 6) is -2.68. The van der Waals surface area contributed by atoms with Crippen LogP contribution in [0.5, 0.6) is 0 Å². The van der Waals surface area contributed by atoms with Crippen molar-refractivity contribution in [2.24, 2.45) is 5.41 Å². The number of likely N-dealkylation sites (tertiary alicyclic amines) is 1. The van der Waals surface area contributed by atoms with E-state index in [1.807, 2.05) is 30.3 Å². The van der Waals surface area contributed by atoms with E-state index >= 15 is 0 Å². The Labute approximate surface area is 163 Å². The SMILES string of the molecule is CCOC(=O)C1(CC(=O)c2ccccc2)C(=O)CN(Cc2ccccc2)C1=O. The summed E-state index contributed by atoms with van der Waals surface area (Å²) in [5.41, 5.74) is -0.941. The minimum absolute atomic E-state index is 0.0133. The monoisotopic (exact) mass is 379 g/mol. The highest BCUT2D eigenvalue weighted by molar-refractivity contribution is 6.28. The molecular formula is C22H21NO5. The molecule has 1 aliphatic rings. The first-order valence-corrected chi connectivity index (χ1v) is 9.11. The summed E-state index contributed by atoms with van der Waals surface area (Å²) in [6, 6.07) is 17.5. The molecule has 1 atom stereocenters. The first-order valence-electron chi connectivity index (χ1n) is 9.11. The molecule has 1 saturated heterocycles. The van der Waals surface area contributed by atoms with Crippen molar-refractivity contribution in [3.05, 3.63) is 71.8 Å². The third-order valence-electron chi connectivity index (χ3n) is 4.82. The minimum Gasteiger partial charge on any atom is -0.465 e. The summed E-state index contributed by atoms with van der Waals surface area (Å²) in [5, 5.41) is 0. The Kier molecular flexibility index (Phi) is 5.68. The normalized spacial score (nSPS) is 19.0. The molecule has 2 aromatic carbocycles. The van der Waals surface area contributed by atoms with Crippen molar-refractivity contribution in [2.45, 2.75) is 19.9 Å². The highest BCUT2D eigenvalue weighted by atomic mass is 16.5. The molecular weight excluding hydrogens is 358 g/mol. The smallest absolute Gasteiger partial charge is 0.329 e. The standard InChI is InChI=1S/C22H21NO5/c1-2-28-21(27)22(13-18(24)17-11-7-4-8-12-17)19(25)15-23(20(22)26)14-16-9-5-3-6-10-16/h3-12H,2,13-15H2,1H3. The number of Topliss-reactive ketones (excluding diaryl/α,β-unsaturated/α-hetero) is 2. The van der Waals surface area contributed by atoms with Crippen molar-refractivity contribution < 1.29 is 23.9 Å². The van der Waals surface area contributed by atoms with Crippen LogP contribution in [0, 0.1) is 5.41 Å². The van der Waals surface area contributed by atoms with E-state index < -0.39 is 35.3 Å². The Morgan fingerprint density at radius 2 is 1.61 bits per heavy atom. The van der Waals surface area contributed by atoms with Gasteiger partial charge in [-0.15, -0.1) is 0 Å². The molecule has 1 fully saturated rings. The first kappa shape index (κ1) is 19.5. The van der Waals surface area contributed by atoms with Gasteiger partial charge in [0.1, 0.15) is 0 Å². The average Bonchev–Trinajstić information content (AvgIpc) is 2.94. The zero-order valence-electron chi connectivity index (χ0n) is 15.6. The van der Waals surface area contributed by atoms with Crippen molar-refractivity contribution in [3.63, 3.8) is 0 Å². The summed E-state index contributed by atoms with van der Waals surface area (Å²) < 4.78 is 5.05. The van der Waals surface area contributed by atoms with Crippen LogP contribution in [0.15, 0.2) is 60.7 Å². The number of hydrogen-bond donors (Lipinski definition) is 0. The number of amides is 1. The summed E-state index contributed by atoms with van der Waals surface area (Å²) >= 11 is 0.